The van der Waals surface area contributed by atoms with Crippen molar-refractivity contribution in [1.29, 1.82) is 0 Å². The third-order valence-electron chi connectivity index (χ3n) is 5.97. The second kappa shape index (κ2) is 9.73. The lowest BCUT2D eigenvalue weighted by molar-refractivity contribution is -0.116. The molecule has 0 bridgehead atoms. The fourth-order valence-electron chi connectivity index (χ4n) is 4.15. The van der Waals surface area contributed by atoms with Gasteiger partial charge in [0.1, 0.15) is 0 Å². The minimum absolute atomic E-state index is 0.00881. The summed E-state index contributed by atoms with van der Waals surface area (Å²) in [5, 5.41) is 5.22. The fourth-order valence-corrected chi connectivity index (χ4v) is 4.15. The first-order valence-electron chi connectivity index (χ1n) is 11.4. The molecule has 3 aromatic carbocycles. The van der Waals surface area contributed by atoms with Crippen molar-refractivity contribution in [2.75, 3.05) is 11.9 Å². The van der Waals surface area contributed by atoms with Crippen LogP contribution in [0.5, 0.6) is 0 Å². The molecule has 172 valence electrons. The molecule has 0 unspecified atom stereocenters. The Morgan fingerprint density at radius 2 is 1.57 bits per heavy atom. The van der Waals surface area contributed by atoms with E-state index in [9.17, 15) is 9.59 Å². The lowest BCUT2D eigenvalue weighted by Gasteiger charge is -2.16. The minimum Gasteiger partial charge on any atom is -0.348 e. The number of carbonyl (C=O) groups excluding carboxylic acids is 1. The molecule has 0 saturated carbocycles. The number of benzene rings is 3. The zero-order valence-electron chi connectivity index (χ0n) is 19.3. The van der Waals surface area contributed by atoms with Crippen molar-refractivity contribution in [2.24, 2.45) is 7.05 Å². The van der Waals surface area contributed by atoms with E-state index in [2.05, 4.69) is 10.3 Å². The van der Waals surface area contributed by atoms with Gasteiger partial charge in [0.05, 0.1) is 17.8 Å². The number of hydrogen-bond acceptors (Lipinski definition) is 5. The number of pyridine rings is 1. The van der Waals surface area contributed by atoms with Crippen molar-refractivity contribution < 1.29 is 4.79 Å². The highest BCUT2D eigenvalue weighted by atomic mass is 16.1. The highest BCUT2D eigenvalue weighted by Gasteiger charge is 2.19. The summed E-state index contributed by atoms with van der Waals surface area (Å²) in [5.41, 5.74) is 3.37. The monoisotopic (exact) mass is 460 g/mol. The second-order valence-corrected chi connectivity index (χ2v) is 8.38. The quantitative estimate of drug-likeness (QED) is 0.374. The van der Waals surface area contributed by atoms with Crippen LogP contribution in [0, 0.1) is 0 Å². The molecule has 0 amide bonds. The summed E-state index contributed by atoms with van der Waals surface area (Å²) in [6.07, 6.45) is 3.67. The van der Waals surface area contributed by atoms with E-state index in [1.807, 2.05) is 84.9 Å². The predicted molar refractivity (Wildman–Crippen MR) is 139 cm³/mol. The SMILES string of the molecule is Cn1c(NCC(=O)Cc2ccccc2)nc(-c2ccncc2)c(-c2ccc3ccccc3c2)c1=O. The summed E-state index contributed by atoms with van der Waals surface area (Å²) in [7, 11) is 1.67. The Kier molecular flexibility index (Phi) is 6.18. The van der Waals surface area contributed by atoms with Gasteiger partial charge in [-0.05, 0) is 40.1 Å². The first kappa shape index (κ1) is 22.2. The van der Waals surface area contributed by atoms with Crippen molar-refractivity contribution >= 4 is 22.5 Å². The van der Waals surface area contributed by atoms with E-state index in [4.69, 9.17) is 4.98 Å². The Balaban J connectivity index is 1.54. The number of carbonyl (C=O) groups is 1. The molecular weight excluding hydrogens is 436 g/mol. The number of fused-ring (bicyclic) bond motifs is 1. The zero-order chi connectivity index (χ0) is 24.2. The van der Waals surface area contributed by atoms with Gasteiger partial charge in [-0.3, -0.25) is 19.1 Å². The fraction of sp³-hybridized carbons (Fsp3) is 0.103. The molecular formula is C29H24N4O2. The van der Waals surface area contributed by atoms with E-state index in [-0.39, 0.29) is 17.9 Å². The van der Waals surface area contributed by atoms with E-state index in [0.29, 0.717) is 23.6 Å². The normalized spacial score (nSPS) is 10.9. The molecule has 6 heteroatoms. The molecule has 0 fully saturated rings. The number of ketones is 1. The first-order chi connectivity index (χ1) is 17.1. The van der Waals surface area contributed by atoms with Gasteiger partial charge >= 0.3 is 0 Å². The van der Waals surface area contributed by atoms with Gasteiger partial charge in [0.25, 0.3) is 5.56 Å². The summed E-state index contributed by atoms with van der Waals surface area (Å²) in [4.78, 5) is 35.1. The average Bonchev–Trinajstić information content (AvgIpc) is 2.90. The van der Waals surface area contributed by atoms with Crippen LogP contribution in [-0.2, 0) is 18.3 Å². The number of Topliss-reactive ketones (excluding diaryl/α,β-unsaturated/α-hetero) is 1. The Morgan fingerprint density at radius 1 is 0.857 bits per heavy atom. The number of nitrogens with zero attached hydrogens (tertiary/aromatic N) is 3. The van der Waals surface area contributed by atoms with E-state index < -0.39 is 0 Å². The van der Waals surface area contributed by atoms with Crippen LogP contribution >= 0.6 is 0 Å². The van der Waals surface area contributed by atoms with Crippen LogP contribution in [0.1, 0.15) is 5.56 Å². The lowest BCUT2D eigenvalue weighted by Crippen LogP contribution is -2.27. The van der Waals surface area contributed by atoms with Gasteiger partial charge in [0.15, 0.2) is 5.78 Å². The summed E-state index contributed by atoms with van der Waals surface area (Å²) >= 11 is 0. The summed E-state index contributed by atoms with van der Waals surface area (Å²) in [6.45, 7) is 0.0697. The molecule has 35 heavy (non-hydrogen) atoms. The van der Waals surface area contributed by atoms with Crippen molar-refractivity contribution in [3.05, 3.63) is 113 Å². The molecule has 0 aliphatic heterocycles. The summed E-state index contributed by atoms with van der Waals surface area (Å²) in [6, 6.07) is 27.2. The van der Waals surface area contributed by atoms with Crippen molar-refractivity contribution in [3.63, 3.8) is 0 Å². The molecule has 1 N–H and O–H groups in total. The van der Waals surface area contributed by atoms with E-state index in [1.165, 1.54) is 4.57 Å². The van der Waals surface area contributed by atoms with Crippen molar-refractivity contribution in [1.82, 2.24) is 14.5 Å². The van der Waals surface area contributed by atoms with E-state index in [0.717, 1.165) is 27.5 Å². The molecule has 0 radical (unpaired) electrons. The molecule has 0 spiro atoms. The van der Waals surface area contributed by atoms with Gasteiger partial charge in [-0.15, -0.1) is 0 Å². The molecule has 5 rings (SSSR count). The van der Waals surface area contributed by atoms with Gasteiger partial charge < -0.3 is 5.32 Å². The first-order valence-corrected chi connectivity index (χ1v) is 11.4. The van der Waals surface area contributed by atoms with Crippen LogP contribution in [0.15, 0.2) is 102 Å². The number of anilines is 1. The van der Waals surface area contributed by atoms with Crippen LogP contribution in [0.2, 0.25) is 0 Å². The number of hydrogen-bond donors (Lipinski definition) is 1. The maximum absolute atomic E-state index is 13.6. The average molecular weight is 461 g/mol. The van der Waals surface area contributed by atoms with Crippen LogP contribution < -0.4 is 10.9 Å². The molecule has 0 aliphatic rings. The molecule has 5 aromatic rings. The maximum Gasteiger partial charge on any atom is 0.263 e. The Morgan fingerprint density at radius 3 is 2.34 bits per heavy atom. The predicted octanol–water partition coefficient (Wildman–Crippen LogP) is 4.89. The largest absolute Gasteiger partial charge is 0.348 e. The highest BCUT2D eigenvalue weighted by molar-refractivity contribution is 5.90. The van der Waals surface area contributed by atoms with Gasteiger partial charge in [0.2, 0.25) is 5.95 Å². The van der Waals surface area contributed by atoms with Gasteiger partial charge in [-0.2, -0.15) is 0 Å². The highest BCUT2D eigenvalue weighted by Crippen LogP contribution is 2.30. The van der Waals surface area contributed by atoms with E-state index in [1.54, 1.807) is 19.4 Å². The number of nitrogens with one attached hydrogen (secondary N) is 1. The van der Waals surface area contributed by atoms with Crippen LogP contribution in [0.3, 0.4) is 0 Å². The van der Waals surface area contributed by atoms with Crippen LogP contribution in [0.4, 0.5) is 5.95 Å². The smallest absolute Gasteiger partial charge is 0.263 e. The van der Waals surface area contributed by atoms with Gasteiger partial charge in [0, 0.05) is 31.4 Å². The topological polar surface area (TPSA) is 76.9 Å². The molecule has 6 nitrogen and oxygen atoms in total. The third kappa shape index (κ3) is 4.73. The third-order valence-corrected chi connectivity index (χ3v) is 5.97. The maximum atomic E-state index is 13.6. The summed E-state index contributed by atoms with van der Waals surface area (Å²) < 4.78 is 1.46. The van der Waals surface area contributed by atoms with Crippen LogP contribution in [-0.4, -0.2) is 26.9 Å². The van der Waals surface area contributed by atoms with Crippen molar-refractivity contribution in [3.8, 4) is 22.4 Å². The lowest BCUT2D eigenvalue weighted by atomic mass is 9.98. The second-order valence-electron chi connectivity index (χ2n) is 8.38. The van der Waals surface area contributed by atoms with Gasteiger partial charge in [-0.25, -0.2) is 4.98 Å². The number of rotatable bonds is 7. The van der Waals surface area contributed by atoms with Crippen LogP contribution in [0.25, 0.3) is 33.2 Å². The molecule has 2 aromatic heterocycles. The van der Waals surface area contributed by atoms with Crippen molar-refractivity contribution in [2.45, 2.75) is 6.42 Å². The Labute approximate surface area is 202 Å². The molecule has 0 saturated heterocycles. The Hall–Kier alpha value is -4.58. The molecule has 2 heterocycles. The summed E-state index contributed by atoms with van der Waals surface area (Å²) in [5.74, 6) is 0.349. The number of aromatic nitrogens is 3. The Bertz CT molecular complexity index is 1560. The molecule has 0 aliphatic carbocycles. The zero-order valence-corrected chi connectivity index (χ0v) is 19.3. The van der Waals surface area contributed by atoms with Gasteiger partial charge in [-0.1, -0.05) is 66.7 Å². The van der Waals surface area contributed by atoms with E-state index >= 15 is 0 Å². The standard InChI is InChI=1S/C29H24N4O2/c1-33-28(35)26(24-12-11-21-9-5-6-10-23(21)18-24)27(22-13-15-30-16-14-22)32-29(33)31-19-25(34)17-20-7-3-2-4-8-20/h2-16,18H,17,19H2,1H3,(H,31,32). The molecule has 0 atom stereocenters. The minimum atomic E-state index is -0.194.